The Hall–Kier alpha value is -2.18. The van der Waals surface area contributed by atoms with Crippen molar-refractivity contribution in [3.63, 3.8) is 0 Å². The van der Waals surface area contributed by atoms with Gasteiger partial charge in [0.1, 0.15) is 17.1 Å². The molecule has 0 aromatic heterocycles. The van der Waals surface area contributed by atoms with E-state index in [1.807, 2.05) is 39.0 Å². The molecule has 0 spiro atoms. The van der Waals surface area contributed by atoms with Gasteiger partial charge in [-0.3, -0.25) is 0 Å². The standard InChI is InChI=1S/C27H38N2O3S/c1-27(2,3)32-26(30)28(4)20-22-19-21(15-18-29-16-7-6-8-17-29)9-14-25(22)31-23-10-12-24(33-5)13-11-23/h9-14,19H,6-8,15-18,20H2,1-5H3. The normalized spacial score (nSPS) is 14.7. The van der Waals surface area contributed by atoms with Gasteiger partial charge in [-0.15, -0.1) is 11.8 Å². The zero-order chi connectivity index (χ0) is 23.8. The minimum Gasteiger partial charge on any atom is -0.457 e. The molecule has 180 valence electrons. The summed E-state index contributed by atoms with van der Waals surface area (Å²) in [6.45, 7) is 9.53. The molecule has 1 fully saturated rings. The lowest BCUT2D eigenvalue weighted by molar-refractivity contribution is 0.0284. The van der Waals surface area contributed by atoms with E-state index in [2.05, 4.69) is 35.4 Å². The van der Waals surface area contributed by atoms with Crippen molar-refractivity contribution in [2.75, 3.05) is 32.9 Å². The number of hydrogen-bond acceptors (Lipinski definition) is 5. The van der Waals surface area contributed by atoms with Crippen molar-refractivity contribution in [3.8, 4) is 11.5 Å². The van der Waals surface area contributed by atoms with Gasteiger partial charge in [-0.1, -0.05) is 18.6 Å². The number of hydrogen-bond donors (Lipinski definition) is 0. The highest BCUT2D eigenvalue weighted by atomic mass is 32.2. The van der Waals surface area contributed by atoms with Gasteiger partial charge < -0.3 is 19.3 Å². The van der Waals surface area contributed by atoms with E-state index in [9.17, 15) is 4.79 Å². The first kappa shape index (κ1) is 25.4. The molecule has 1 aliphatic heterocycles. The van der Waals surface area contributed by atoms with Crippen molar-refractivity contribution in [3.05, 3.63) is 53.6 Å². The first-order chi connectivity index (χ1) is 15.7. The summed E-state index contributed by atoms with van der Waals surface area (Å²) < 4.78 is 11.8. The van der Waals surface area contributed by atoms with Crippen molar-refractivity contribution in [2.45, 2.75) is 63.5 Å². The third kappa shape index (κ3) is 8.27. The molecule has 0 atom stereocenters. The summed E-state index contributed by atoms with van der Waals surface area (Å²) in [6.07, 6.45) is 6.66. The molecule has 2 aromatic carbocycles. The quantitative estimate of drug-likeness (QED) is 0.407. The molecule has 1 heterocycles. The van der Waals surface area contributed by atoms with Crippen LogP contribution >= 0.6 is 11.8 Å². The Bertz CT molecular complexity index is 903. The summed E-state index contributed by atoms with van der Waals surface area (Å²) in [5.41, 5.74) is 1.71. The van der Waals surface area contributed by atoms with E-state index < -0.39 is 5.60 Å². The van der Waals surface area contributed by atoms with E-state index in [4.69, 9.17) is 9.47 Å². The van der Waals surface area contributed by atoms with Crippen molar-refractivity contribution in [2.24, 2.45) is 0 Å². The summed E-state index contributed by atoms with van der Waals surface area (Å²) in [4.78, 5) is 17.9. The number of thioether (sulfide) groups is 1. The maximum Gasteiger partial charge on any atom is 0.410 e. The van der Waals surface area contributed by atoms with Gasteiger partial charge in [0.2, 0.25) is 0 Å². The zero-order valence-electron chi connectivity index (χ0n) is 20.7. The number of likely N-dealkylation sites (tertiary alicyclic amines) is 1. The topological polar surface area (TPSA) is 42.0 Å². The van der Waals surface area contributed by atoms with Crippen LogP contribution in [0.2, 0.25) is 0 Å². The number of ether oxygens (including phenoxy) is 2. The van der Waals surface area contributed by atoms with E-state index in [-0.39, 0.29) is 6.09 Å². The van der Waals surface area contributed by atoms with E-state index in [1.165, 1.54) is 42.8 Å². The maximum absolute atomic E-state index is 12.6. The average molecular weight is 471 g/mol. The first-order valence-corrected chi connectivity index (χ1v) is 13.1. The summed E-state index contributed by atoms with van der Waals surface area (Å²) in [7, 11) is 1.77. The maximum atomic E-state index is 12.6. The summed E-state index contributed by atoms with van der Waals surface area (Å²) in [5.74, 6) is 1.55. The SMILES string of the molecule is CSc1ccc(Oc2ccc(CCN3CCCCC3)cc2CN(C)C(=O)OC(C)(C)C)cc1. The van der Waals surface area contributed by atoms with Crippen molar-refractivity contribution < 1.29 is 14.3 Å². The van der Waals surface area contributed by atoms with Crippen LogP contribution in [0.15, 0.2) is 47.4 Å². The average Bonchev–Trinajstić information content (AvgIpc) is 2.79. The van der Waals surface area contributed by atoms with Crippen LogP contribution in [0.3, 0.4) is 0 Å². The molecule has 33 heavy (non-hydrogen) atoms. The zero-order valence-corrected chi connectivity index (χ0v) is 21.5. The van der Waals surface area contributed by atoms with Crippen LogP contribution in [0.4, 0.5) is 4.79 Å². The summed E-state index contributed by atoms with van der Waals surface area (Å²) >= 11 is 1.70. The van der Waals surface area contributed by atoms with Gasteiger partial charge in [-0.2, -0.15) is 0 Å². The number of carbonyl (C=O) groups is 1. The fourth-order valence-electron chi connectivity index (χ4n) is 3.91. The number of amides is 1. The Morgan fingerprint density at radius 1 is 1.06 bits per heavy atom. The molecule has 6 heteroatoms. The minimum absolute atomic E-state index is 0.337. The molecule has 5 nitrogen and oxygen atoms in total. The highest BCUT2D eigenvalue weighted by Crippen LogP contribution is 2.29. The van der Waals surface area contributed by atoms with Crippen LogP contribution in [-0.4, -0.2) is 54.4 Å². The number of carbonyl (C=O) groups excluding carboxylic acids is 1. The van der Waals surface area contributed by atoms with E-state index in [1.54, 1.807) is 23.7 Å². The Balaban J connectivity index is 1.76. The molecule has 1 aliphatic rings. The molecular formula is C27H38N2O3S. The van der Waals surface area contributed by atoms with Gasteiger partial charge in [0.05, 0.1) is 6.54 Å². The van der Waals surface area contributed by atoms with Gasteiger partial charge in [0, 0.05) is 24.1 Å². The molecule has 0 N–H and O–H groups in total. The molecule has 1 amide bonds. The molecule has 0 aliphatic carbocycles. The Kier molecular flexibility index (Phi) is 9.10. The molecule has 3 rings (SSSR count). The van der Waals surface area contributed by atoms with Gasteiger partial charge >= 0.3 is 6.09 Å². The Morgan fingerprint density at radius 2 is 1.76 bits per heavy atom. The van der Waals surface area contributed by atoms with Crippen molar-refractivity contribution in [1.82, 2.24) is 9.80 Å². The third-order valence-corrected chi connectivity index (χ3v) is 6.43. The fraction of sp³-hybridized carbons (Fsp3) is 0.519. The van der Waals surface area contributed by atoms with Gasteiger partial charge in [-0.05, 0) is 95.3 Å². The second kappa shape index (κ2) is 11.8. The lowest BCUT2D eigenvalue weighted by Crippen LogP contribution is -2.34. The van der Waals surface area contributed by atoms with E-state index in [0.29, 0.717) is 6.54 Å². The third-order valence-electron chi connectivity index (χ3n) is 5.69. The Labute approximate surface area is 203 Å². The largest absolute Gasteiger partial charge is 0.457 e. The predicted molar refractivity (Wildman–Crippen MR) is 136 cm³/mol. The smallest absolute Gasteiger partial charge is 0.410 e. The number of benzene rings is 2. The minimum atomic E-state index is -0.528. The molecule has 0 radical (unpaired) electrons. The van der Waals surface area contributed by atoms with Crippen molar-refractivity contribution >= 4 is 17.9 Å². The van der Waals surface area contributed by atoms with E-state index in [0.717, 1.165) is 30.0 Å². The summed E-state index contributed by atoms with van der Waals surface area (Å²) in [6, 6.07) is 14.4. The van der Waals surface area contributed by atoms with E-state index >= 15 is 0 Å². The van der Waals surface area contributed by atoms with Gasteiger partial charge in [0.15, 0.2) is 0 Å². The molecule has 1 saturated heterocycles. The lowest BCUT2D eigenvalue weighted by Gasteiger charge is -2.27. The lowest BCUT2D eigenvalue weighted by atomic mass is 10.0. The monoisotopic (exact) mass is 470 g/mol. The summed E-state index contributed by atoms with van der Waals surface area (Å²) in [5, 5.41) is 0. The first-order valence-electron chi connectivity index (χ1n) is 11.8. The second-order valence-electron chi connectivity index (χ2n) is 9.71. The molecule has 0 bridgehead atoms. The van der Waals surface area contributed by atoms with Crippen LogP contribution < -0.4 is 4.74 Å². The number of nitrogens with zero attached hydrogens (tertiary/aromatic N) is 2. The highest BCUT2D eigenvalue weighted by molar-refractivity contribution is 7.98. The van der Waals surface area contributed by atoms with Crippen molar-refractivity contribution in [1.29, 1.82) is 0 Å². The van der Waals surface area contributed by atoms with Gasteiger partial charge in [-0.25, -0.2) is 4.79 Å². The van der Waals surface area contributed by atoms with Crippen LogP contribution in [0.1, 0.15) is 51.2 Å². The molecular weight excluding hydrogens is 432 g/mol. The van der Waals surface area contributed by atoms with Crippen LogP contribution in [0.5, 0.6) is 11.5 Å². The molecule has 0 saturated carbocycles. The predicted octanol–water partition coefficient (Wildman–Crippen LogP) is 6.60. The van der Waals surface area contributed by atoms with Crippen LogP contribution in [0.25, 0.3) is 0 Å². The fourth-order valence-corrected chi connectivity index (χ4v) is 4.32. The number of piperidine rings is 1. The molecule has 0 unspecified atom stereocenters. The number of rotatable bonds is 8. The van der Waals surface area contributed by atoms with Crippen LogP contribution in [0, 0.1) is 0 Å². The second-order valence-corrected chi connectivity index (χ2v) is 10.6. The van der Waals surface area contributed by atoms with Gasteiger partial charge in [0.25, 0.3) is 0 Å². The van der Waals surface area contributed by atoms with Crippen LogP contribution in [-0.2, 0) is 17.7 Å². The highest BCUT2D eigenvalue weighted by Gasteiger charge is 2.21. The Morgan fingerprint density at radius 3 is 2.39 bits per heavy atom. The molecule has 2 aromatic rings.